The molecule has 4 nitrogen and oxygen atoms in total. The first-order valence-corrected chi connectivity index (χ1v) is 5.79. The molecule has 0 fully saturated rings. The predicted molar refractivity (Wildman–Crippen MR) is 70.0 cm³/mol. The summed E-state index contributed by atoms with van der Waals surface area (Å²) < 4.78 is 4.63. The van der Waals surface area contributed by atoms with Crippen molar-refractivity contribution in [1.82, 2.24) is 4.98 Å². The van der Waals surface area contributed by atoms with Crippen LogP contribution in [-0.2, 0) is 4.74 Å². The highest BCUT2D eigenvalue weighted by atomic mass is 16.5. The lowest BCUT2D eigenvalue weighted by Gasteiger charge is -2.10. The quantitative estimate of drug-likeness (QED) is 0.827. The van der Waals surface area contributed by atoms with Gasteiger partial charge in [0.1, 0.15) is 5.69 Å². The average molecular weight is 245 g/mol. The summed E-state index contributed by atoms with van der Waals surface area (Å²) in [6.45, 7) is 4.08. The first-order valence-electron chi connectivity index (χ1n) is 5.79. The number of H-pyrrole nitrogens is 1. The third-order valence-electron chi connectivity index (χ3n) is 2.92. The molecule has 0 unspecified atom stereocenters. The van der Waals surface area contributed by atoms with Gasteiger partial charge in [-0.2, -0.15) is 0 Å². The number of hydrogen-bond donors (Lipinski definition) is 1. The maximum atomic E-state index is 12.0. The molecule has 18 heavy (non-hydrogen) atoms. The van der Waals surface area contributed by atoms with Gasteiger partial charge in [-0.25, -0.2) is 4.79 Å². The Hall–Kier alpha value is -2.10. The van der Waals surface area contributed by atoms with E-state index in [0.29, 0.717) is 10.9 Å². The molecular formula is C14H15NO3. The van der Waals surface area contributed by atoms with E-state index in [9.17, 15) is 9.59 Å². The number of carbonyl (C=O) groups is 1. The fraction of sp³-hybridized carbons (Fsp3) is 0.286. The molecule has 0 aliphatic rings. The highest BCUT2D eigenvalue weighted by Crippen LogP contribution is 2.22. The molecule has 0 amide bonds. The van der Waals surface area contributed by atoms with Crippen LogP contribution in [-0.4, -0.2) is 18.1 Å². The maximum Gasteiger partial charge on any atom is 0.354 e. The van der Waals surface area contributed by atoms with Crippen LogP contribution in [0.5, 0.6) is 0 Å². The number of aromatic nitrogens is 1. The van der Waals surface area contributed by atoms with Gasteiger partial charge < -0.3 is 9.72 Å². The topological polar surface area (TPSA) is 59.2 Å². The van der Waals surface area contributed by atoms with Crippen LogP contribution < -0.4 is 5.43 Å². The fourth-order valence-corrected chi connectivity index (χ4v) is 2.00. The predicted octanol–water partition coefficient (Wildman–Crippen LogP) is 2.44. The van der Waals surface area contributed by atoms with E-state index >= 15 is 0 Å². The molecule has 1 aromatic carbocycles. The first-order chi connectivity index (χ1) is 8.54. The molecule has 0 saturated carbocycles. The van der Waals surface area contributed by atoms with Gasteiger partial charge in [-0.05, 0) is 17.5 Å². The minimum Gasteiger partial charge on any atom is -0.464 e. The fourth-order valence-electron chi connectivity index (χ4n) is 2.00. The Balaban J connectivity index is 2.80. The van der Waals surface area contributed by atoms with Crippen molar-refractivity contribution in [3.05, 3.63) is 45.7 Å². The van der Waals surface area contributed by atoms with Crippen molar-refractivity contribution in [2.45, 2.75) is 19.8 Å². The zero-order chi connectivity index (χ0) is 13.3. The van der Waals surface area contributed by atoms with Crippen molar-refractivity contribution in [1.29, 1.82) is 0 Å². The van der Waals surface area contributed by atoms with E-state index in [2.05, 4.69) is 9.72 Å². The Bertz CT molecular complexity index is 656. The van der Waals surface area contributed by atoms with Crippen LogP contribution in [0.3, 0.4) is 0 Å². The first kappa shape index (κ1) is 12.4. The van der Waals surface area contributed by atoms with Gasteiger partial charge in [0.05, 0.1) is 12.6 Å². The summed E-state index contributed by atoms with van der Waals surface area (Å²) in [7, 11) is 1.29. The van der Waals surface area contributed by atoms with E-state index in [1.165, 1.54) is 13.2 Å². The van der Waals surface area contributed by atoms with E-state index in [1.807, 2.05) is 26.0 Å². The number of pyridine rings is 1. The van der Waals surface area contributed by atoms with Crippen molar-refractivity contribution in [3.8, 4) is 0 Å². The Morgan fingerprint density at radius 1 is 1.33 bits per heavy atom. The van der Waals surface area contributed by atoms with Gasteiger partial charge in [-0.1, -0.05) is 26.0 Å². The molecule has 1 aromatic heterocycles. The van der Waals surface area contributed by atoms with Crippen molar-refractivity contribution in [2.75, 3.05) is 7.11 Å². The second-order valence-electron chi connectivity index (χ2n) is 4.46. The zero-order valence-electron chi connectivity index (χ0n) is 10.6. The van der Waals surface area contributed by atoms with Crippen molar-refractivity contribution < 1.29 is 9.53 Å². The minimum atomic E-state index is -0.535. The Morgan fingerprint density at radius 3 is 2.67 bits per heavy atom. The lowest BCUT2D eigenvalue weighted by atomic mass is 9.99. The molecule has 0 aliphatic carbocycles. The maximum absolute atomic E-state index is 12.0. The summed E-state index contributed by atoms with van der Waals surface area (Å²) in [5.74, 6) is -0.273. The van der Waals surface area contributed by atoms with E-state index in [4.69, 9.17) is 0 Å². The van der Waals surface area contributed by atoms with Gasteiger partial charge in [0.2, 0.25) is 0 Å². The number of aromatic amines is 1. The van der Waals surface area contributed by atoms with Gasteiger partial charge in [0.15, 0.2) is 5.43 Å². The smallest absolute Gasteiger partial charge is 0.354 e. The third-order valence-corrected chi connectivity index (χ3v) is 2.92. The summed E-state index contributed by atoms with van der Waals surface area (Å²) in [6, 6.07) is 6.83. The molecule has 1 heterocycles. The van der Waals surface area contributed by atoms with Gasteiger partial charge in [-0.15, -0.1) is 0 Å². The van der Waals surface area contributed by atoms with Gasteiger partial charge in [-0.3, -0.25) is 4.79 Å². The summed E-state index contributed by atoms with van der Waals surface area (Å²) in [5.41, 5.74) is 1.73. The molecule has 2 rings (SSSR count). The Labute approximate surface area is 105 Å². The molecule has 1 N–H and O–H groups in total. The average Bonchev–Trinajstić information content (AvgIpc) is 2.36. The summed E-state index contributed by atoms with van der Waals surface area (Å²) in [5, 5.41) is 0.592. The monoisotopic (exact) mass is 245 g/mol. The van der Waals surface area contributed by atoms with Gasteiger partial charge in [0.25, 0.3) is 0 Å². The van der Waals surface area contributed by atoms with E-state index in [1.54, 1.807) is 6.07 Å². The van der Waals surface area contributed by atoms with Crippen LogP contribution in [0.2, 0.25) is 0 Å². The number of methoxy groups -OCH3 is 1. The number of carbonyl (C=O) groups excluding carboxylic acids is 1. The van der Waals surface area contributed by atoms with E-state index in [0.717, 1.165) is 5.56 Å². The molecule has 0 radical (unpaired) electrons. The summed E-state index contributed by atoms with van der Waals surface area (Å²) in [4.78, 5) is 26.5. The number of hydrogen-bond acceptors (Lipinski definition) is 3. The molecule has 0 bridgehead atoms. The molecule has 4 heteroatoms. The zero-order valence-corrected chi connectivity index (χ0v) is 10.6. The lowest BCUT2D eigenvalue weighted by molar-refractivity contribution is 0.0594. The van der Waals surface area contributed by atoms with Crippen molar-refractivity contribution in [3.63, 3.8) is 0 Å². The highest BCUT2D eigenvalue weighted by molar-refractivity contribution is 5.91. The van der Waals surface area contributed by atoms with Crippen molar-refractivity contribution >= 4 is 16.9 Å². The SMILES string of the molecule is COC(=O)c1cc(=O)c2cccc(C(C)C)c2[nH]1. The van der Waals surface area contributed by atoms with Gasteiger partial charge >= 0.3 is 5.97 Å². The molecule has 2 aromatic rings. The van der Waals surface area contributed by atoms with E-state index in [-0.39, 0.29) is 17.0 Å². The number of para-hydroxylation sites is 1. The van der Waals surface area contributed by atoms with Crippen molar-refractivity contribution in [2.24, 2.45) is 0 Å². The van der Waals surface area contributed by atoms with Crippen LogP contribution in [0.15, 0.2) is 29.1 Å². The number of benzene rings is 1. The Kier molecular flexibility index (Phi) is 3.19. The minimum absolute atomic E-state index is 0.174. The van der Waals surface area contributed by atoms with Crippen LogP contribution in [0.4, 0.5) is 0 Å². The van der Waals surface area contributed by atoms with Gasteiger partial charge in [0, 0.05) is 11.5 Å². The third kappa shape index (κ3) is 2.01. The molecule has 0 spiro atoms. The van der Waals surface area contributed by atoms with Crippen LogP contribution in [0, 0.1) is 0 Å². The second kappa shape index (κ2) is 4.64. The number of ether oxygens (including phenoxy) is 1. The second-order valence-corrected chi connectivity index (χ2v) is 4.46. The molecule has 0 aliphatic heterocycles. The number of rotatable bonds is 2. The van der Waals surface area contributed by atoms with Crippen LogP contribution in [0.1, 0.15) is 35.8 Å². The molecule has 94 valence electrons. The summed E-state index contributed by atoms with van der Waals surface area (Å²) >= 11 is 0. The van der Waals surface area contributed by atoms with Crippen LogP contribution in [0.25, 0.3) is 10.9 Å². The number of esters is 1. The lowest BCUT2D eigenvalue weighted by Crippen LogP contribution is -2.12. The summed E-state index contributed by atoms with van der Waals surface area (Å²) in [6.07, 6.45) is 0. The normalized spacial score (nSPS) is 10.9. The molecule has 0 saturated heterocycles. The number of fused-ring (bicyclic) bond motifs is 1. The molecule has 0 atom stereocenters. The molecular weight excluding hydrogens is 230 g/mol. The van der Waals surface area contributed by atoms with Crippen LogP contribution >= 0.6 is 0 Å². The standard InChI is InChI=1S/C14H15NO3/c1-8(2)9-5-4-6-10-12(16)7-11(14(17)18-3)15-13(9)10/h4-8H,1-3H3,(H,15,16). The number of nitrogens with one attached hydrogen (secondary N) is 1. The van der Waals surface area contributed by atoms with E-state index < -0.39 is 5.97 Å². The largest absolute Gasteiger partial charge is 0.464 e. The highest BCUT2D eigenvalue weighted by Gasteiger charge is 2.12. The Morgan fingerprint density at radius 2 is 2.06 bits per heavy atom.